The van der Waals surface area contributed by atoms with Crippen molar-refractivity contribution in [2.45, 2.75) is 13.5 Å². The molecule has 1 saturated heterocycles. The third kappa shape index (κ3) is 3.54. The minimum absolute atomic E-state index is 0.837. The highest BCUT2D eigenvalue weighted by Crippen LogP contribution is 2.16. The Labute approximate surface area is 132 Å². The average molecular weight is 297 g/mol. The quantitative estimate of drug-likeness (QED) is 0.937. The Balaban J connectivity index is 1.61. The zero-order valence-corrected chi connectivity index (χ0v) is 13.3. The molecular formula is C17H23N5. The molecular weight excluding hydrogens is 274 g/mol. The molecule has 2 heterocycles. The summed E-state index contributed by atoms with van der Waals surface area (Å²) < 4.78 is 0. The van der Waals surface area contributed by atoms with Gasteiger partial charge < -0.3 is 10.2 Å². The first-order valence-corrected chi connectivity index (χ1v) is 7.79. The van der Waals surface area contributed by atoms with E-state index < -0.39 is 0 Å². The van der Waals surface area contributed by atoms with Crippen molar-refractivity contribution in [2.24, 2.45) is 0 Å². The van der Waals surface area contributed by atoms with Gasteiger partial charge in [0.2, 0.25) is 5.95 Å². The van der Waals surface area contributed by atoms with E-state index in [1.165, 1.54) is 5.56 Å². The van der Waals surface area contributed by atoms with Gasteiger partial charge in [-0.1, -0.05) is 30.3 Å². The van der Waals surface area contributed by atoms with Gasteiger partial charge in [0, 0.05) is 51.5 Å². The molecule has 5 heteroatoms. The monoisotopic (exact) mass is 297 g/mol. The van der Waals surface area contributed by atoms with E-state index in [0.29, 0.717) is 0 Å². The van der Waals surface area contributed by atoms with Crippen LogP contribution in [0.4, 0.5) is 11.8 Å². The molecule has 1 aliphatic heterocycles. The lowest BCUT2D eigenvalue weighted by atomic mass is 10.2. The zero-order valence-electron chi connectivity index (χ0n) is 13.3. The van der Waals surface area contributed by atoms with Gasteiger partial charge in [0.1, 0.15) is 5.82 Å². The molecule has 1 aliphatic rings. The van der Waals surface area contributed by atoms with Gasteiger partial charge in [0.25, 0.3) is 0 Å². The van der Waals surface area contributed by atoms with Gasteiger partial charge in [-0.3, -0.25) is 4.90 Å². The third-order valence-electron chi connectivity index (χ3n) is 4.00. The molecule has 2 aromatic rings. The molecule has 0 bridgehead atoms. The fourth-order valence-electron chi connectivity index (χ4n) is 2.77. The highest BCUT2D eigenvalue weighted by molar-refractivity contribution is 5.43. The predicted octanol–water partition coefficient (Wildman–Crippen LogP) is 2.15. The number of benzene rings is 1. The van der Waals surface area contributed by atoms with E-state index in [1.807, 2.05) is 20.0 Å². The zero-order chi connectivity index (χ0) is 15.4. The predicted molar refractivity (Wildman–Crippen MR) is 90.2 cm³/mol. The number of anilines is 2. The summed E-state index contributed by atoms with van der Waals surface area (Å²) in [6.45, 7) is 7.06. The number of hydrogen-bond donors (Lipinski definition) is 1. The second-order valence-corrected chi connectivity index (χ2v) is 5.69. The second kappa shape index (κ2) is 6.75. The smallest absolute Gasteiger partial charge is 0.227 e. The first kappa shape index (κ1) is 14.8. The van der Waals surface area contributed by atoms with Crippen molar-refractivity contribution in [2.75, 3.05) is 43.4 Å². The molecule has 0 unspecified atom stereocenters. The van der Waals surface area contributed by atoms with Gasteiger partial charge in [-0.05, 0) is 12.5 Å². The molecule has 1 aromatic heterocycles. The van der Waals surface area contributed by atoms with Crippen molar-refractivity contribution in [1.82, 2.24) is 14.9 Å². The summed E-state index contributed by atoms with van der Waals surface area (Å²) in [6, 6.07) is 12.6. The number of nitrogens with one attached hydrogen (secondary N) is 1. The van der Waals surface area contributed by atoms with Crippen molar-refractivity contribution < 1.29 is 0 Å². The van der Waals surface area contributed by atoms with Crippen LogP contribution in [-0.2, 0) is 6.54 Å². The molecule has 0 spiro atoms. The van der Waals surface area contributed by atoms with E-state index in [9.17, 15) is 0 Å². The minimum Gasteiger partial charge on any atom is -0.373 e. The van der Waals surface area contributed by atoms with Gasteiger partial charge in [-0.2, -0.15) is 4.98 Å². The van der Waals surface area contributed by atoms with Crippen LogP contribution in [-0.4, -0.2) is 48.1 Å². The molecule has 0 amide bonds. The van der Waals surface area contributed by atoms with E-state index in [2.05, 4.69) is 55.4 Å². The lowest BCUT2D eigenvalue weighted by Crippen LogP contribution is -2.46. The Morgan fingerprint density at radius 1 is 1.05 bits per heavy atom. The van der Waals surface area contributed by atoms with Crippen molar-refractivity contribution >= 4 is 11.8 Å². The lowest BCUT2D eigenvalue weighted by molar-refractivity contribution is 0.248. The highest BCUT2D eigenvalue weighted by Gasteiger charge is 2.19. The molecule has 1 fully saturated rings. The van der Waals surface area contributed by atoms with Gasteiger partial charge in [0.15, 0.2) is 0 Å². The summed E-state index contributed by atoms with van der Waals surface area (Å²) in [4.78, 5) is 13.9. The number of aryl methyl sites for hydroxylation is 1. The van der Waals surface area contributed by atoms with E-state index in [4.69, 9.17) is 0 Å². The standard InChI is InChI=1S/C17H23N5/c1-14-12-16(18-2)20-17(19-14)22-10-8-21(9-11-22)13-15-6-4-3-5-7-15/h3-7,12H,8-11,13H2,1-2H3,(H,18,19,20). The first-order valence-electron chi connectivity index (χ1n) is 7.79. The van der Waals surface area contributed by atoms with Crippen LogP contribution in [0.5, 0.6) is 0 Å². The maximum Gasteiger partial charge on any atom is 0.227 e. The molecule has 0 radical (unpaired) electrons. The molecule has 0 saturated carbocycles. The summed E-state index contributed by atoms with van der Waals surface area (Å²) >= 11 is 0. The Morgan fingerprint density at radius 2 is 1.77 bits per heavy atom. The fourth-order valence-corrected chi connectivity index (χ4v) is 2.77. The molecule has 0 atom stereocenters. The van der Waals surface area contributed by atoms with Crippen LogP contribution in [0.15, 0.2) is 36.4 Å². The summed E-state index contributed by atoms with van der Waals surface area (Å²) in [6.07, 6.45) is 0. The summed E-state index contributed by atoms with van der Waals surface area (Å²) in [7, 11) is 1.89. The van der Waals surface area contributed by atoms with Crippen LogP contribution in [0.25, 0.3) is 0 Å². The second-order valence-electron chi connectivity index (χ2n) is 5.69. The van der Waals surface area contributed by atoms with E-state index in [0.717, 1.165) is 50.2 Å². The van der Waals surface area contributed by atoms with Crippen LogP contribution in [0.1, 0.15) is 11.3 Å². The SMILES string of the molecule is CNc1cc(C)nc(N2CCN(Cc3ccccc3)CC2)n1. The Bertz CT molecular complexity index is 606. The maximum atomic E-state index is 4.57. The van der Waals surface area contributed by atoms with Crippen LogP contribution in [0.3, 0.4) is 0 Å². The van der Waals surface area contributed by atoms with E-state index in [1.54, 1.807) is 0 Å². The van der Waals surface area contributed by atoms with Crippen LogP contribution < -0.4 is 10.2 Å². The van der Waals surface area contributed by atoms with E-state index >= 15 is 0 Å². The number of hydrogen-bond acceptors (Lipinski definition) is 5. The minimum atomic E-state index is 0.837. The number of piperazine rings is 1. The van der Waals surface area contributed by atoms with Gasteiger partial charge in [-0.15, -0.1) is 0 Å². The van der Waals surface area contributed by atoms with Gasteiger partial charge >= 0.3 is 0 Å². The molecule has 116 valence electrons. The van der Waals surface area contributed by atoms with Crippen molar-refractivity contribution in [3.8, 4) is 0 Å². The van der Waals surface area contributed by atoms with Gasteiger partial charge in [0.05, 0.1) is 0 Å². The van der Waals surface area contributed by atoms with Crippen LogP contribution in [0.2, 0.25) is 0 Å². The lowest BCUT2D eigenvalue weighted by Gasteiger charge is -2.34. The highest BCUT2D eigenvalue weighted by atomic mass is 15.3. The van der Waals surface area contributed by atoms with E-state index in [-0.39, 0.29) is 0 Å². The van der Waals surface area contributed by atoms with Crippen LogP contribution in [0, 0.1) is 6.92 Å². The van der Waals surface area contributed by atoms with Crippen LogP contribution >= 0.6 is 0 Å². The van der Waals surface area contributed by atoms with Crippen molar-refractivity contribution in [1.29, 1.82) is 0 Å². The molecule has 3 rings (SSSR count). The average Bonchev–Trinajstić information content (AvgIpc) is 2.56. The number of aromatic nitrogens is 2. The molecule has 1 N–H and O–H groups in total. The van der Waals surface area contributed by atoms with Crippen molar-refractivity contribution in [3.63, 3.8) is 0 Å². The number of rotatable bonds is 4. The first-order chi connectivity index (χ1) is 10.7. The topological polar surface area (TPSA) is 44.3 Å². The molecule has 0 aliphatic carbocycles. The Morgan fingerprint density at radius 3 is 2.45 bits per heavy atom. The fraction of sp³-hybridized carbons (Fsp3) is 0.412. The number of nitrogens with zero attached hydrogens (tertiary/aromatic N) is 4. The normalized spacial score (nSPS) is 15.8. The summed E-state index contributed by atoms with van der Waals surface area (Å²) in [5.74, 6) is 1.72. The van der Waals surface area contributed by atoms with Gasteiger partial charge in [-0.25, -0.2) is 4.98 Å². The largest absolute Gasteiger partial charge is 0.373 e. The maximum absolute atomic E-state index is 4.57. The Hall–Kier alpha value is -2.14. The summed E-state index contributed by atoms with van der Waals surface area (Å²) in [5.41, 5.74) is 2.38. The van der Waals surface area contributed by atoms with Crippen molar-refractivity contribution in [3.05, 3.63) is 47.7 Å². The summed E-state index contributed by atoms with van der Waals surface area (Å²) in [5, 5.41) is 3.10. The molecule has 22 heavy (non-hydrogen) atoms. The molecule has 1 aromatic carbocycles. The molecule has 5 nitrogen and oxygen atoms in total. The Kier molecular flexibility index (Phi) is 4.53. The third-order valence-corrected chi connectivity index (χ3v) is 4.00.